The van der Waals surface area contributed by atoms with Gasteiger partial charge in [0.2, 0.25) is 0 Å². The third-order valence-corrected chi connectivity index (χ3v) is 4.03. The normalized spacial score (nSPS) is 14.3. The zero-order chi connectivity index (χ0) is 14.0. The maximum atomic E-state index is 11.5. The van der Waals surface area contributed by atoms with Crippen LogP contribution >= 0.6 is 11.3 Å². The van der Waals surface area contributed by atoms with Crippen LogP contribution in [0.4, 0.5) is 5.82 Å². The molecule has 2 aromatic heterocycles. The summed E-state index contributed by atoms with van der Waals surface area (Å²) in [5, 5.41) is 13.3. The van der Waals surface area contributed by atoms with Gasteiger partial charge in [-0.05, 0) is 26.3 Å². The lowest BCUT2D eigenvalue weighted by Gasteiger charge is -2.26. The van der Waals surface area contributed by atoms with Gasteiger partial charge in [-0.3, -0.25) is 0 Å². The van der Waals surface area contributed by atoms with Gasteiger partial charge in [-0.15, -0.1) is 11.3 Å². The molecule has 2 aromatic rings. The molecule has 0 aliphatic heterocycles. The molecule has 0 aliphatic rings. The fraction of sp³-hybridized carbons (Fsp3) is 0.462. The minimum absolute atomic E-state index is 0.539. The van der Waals surface area contributed by atoms with E-state index >= 15 is 0 Å². The van der Waals surface area contributed by atoms with E-state index in [-0.39, 0.29) is 0 Å². The third kappa shape index (κ3) is 2.68. The molecule has 0 spiro atoms. The van der Waals surface area contributed by atoms with Crippen molar-refractivity contribution in [3.05, 3.63) is 17.3 Å². The second-order valence-corrected chi connectivity index (χ2v) is 6.05. The van der Waals surface area contributed by atoms with Gasteiger partial charge in [0.1, 0.15) is 22.5 Å². The van der Waals surface area contributed by atoms with Crippen molar-refractivity contribution in [2.45, 2.75) is 39.2 Å². The molecule has 19 heavy (non-hydrogen) atoms. The summed E-state index contributed by atoms with van der Waals surface area (Å²) < 4.78 is 0. The molecule has 0 saturated heterocycles. The average Bonchev–Trinajstić information content (AvgIpc) is 2.70. The highest BCUT2D eigenvalue weighted by atomic mass is 32.1. The standard InChI is InChI=1S/C13H17N3O2S/c1-4-5-13(3,12(17)18)16-10-9-6-8(2)19-11(9)15-7-14-10/h6-7H,4-5H2,1-3H3,(H,17,18)(H,14,15,16). The van der Waals surface area contributed by atoms with Crippen LogP contribution in [0, 0.1) is 6.92 Å². The van der Waals surface area contributed by atoms with E-state index in [1.54, 1.807) is 18.3 Å². The largest absolute Gasteiger partial charge is 0.480 e. The van der Waals surface area contributed by atoms with Crippen molar-refractivity contribution >= 4 is 33.3 Å². The molecule has 1 atom stereocenters. The van der Waals surface area contributed by atoms with Gasteiger partial charge in [0.25, 0.3) is 0 Å². The zero-order valence-corrected chi connectivity index (χ0v) is 12.0. The number of aryl methyl sites for hydroxylation is 1. The highest BCUT2D eigenvalue weighted by molar-refractivity contribution is 7.18. The minimum atomic E-state index is -1.01. The molecule has 0 aromatic carbocycles. The number of aromatic nitrogens is 2. The Morgan fingerprint density at radius 1 is 1.53 bits per heavy atom. The van der Waals surface area contributed by atoms with Crippen LogP contribution in [0.2, 0.25) is 0 Å². The van der Waals surface area contributed by atoms with Crippen molar-refractivity contribution < 1.29 is 9.90 Å². The van der Waals surface area contributed by atoms with Crippen LogP contribution in [-0.4, -0.2) is 26.6 Å². The number of fused-ring (bicyclic) bond motifs is 1. The molecule has 1 unspecified atom stereocenters. The van der Waals surface area contributed by atoms with E-state index < -0.39 is 11.5 Å². The fourth-order valence-electron chi connectivity index (χ4n) is 2.06. The Morgan fingerprint density at radius 2 is 2.26 bits per heavy atom. The number of thiophene rings is 1. The van der Waals surface area contributed by atoms with Gasteiger partial charge >= 0.3 is 5.97 Å². The first-order chi connectivity index (χ1) is 8.96. The number of carbonyl (C=O) groups is 1. The Labute approximate surface area is 115 Å². The summed E-state index contributed by atoms with van der Waals surface area (Å²) in [7, 11) is 0. The predicted octanol–water partition coefficient (Wildman–Crippen LogP) is 3.06. The number of nitrogens with one attached hydrogen (secondary N) is 1. The quantitative estimate of drug-likeness (QED) is 0.879. The van der Waals surface area contributed by atoms with Gasteiger partial charge in [-0.2, -0.15) is 0 Å². The van der Waals surface area contributed by atoms with E-state index in [0.717, 1.165) is 21.5 Å². The van der Waals surface area contributed by atoms with E-state index in [0.29, 0.717) is 12.2 Å². The topological polar surface area (TPSA) is 75.1 Å². The lowest BCUT2D eigenvalue weighted by atomic mass is 9.96. The first kappa shape index (κ1) is 13.7. The summed E-state index contributed by atoms with van der Waals surface area (Å²) >= 11 is 1.58. The molecule has 5 nitrogen and oxygen atoms in total. The molecule has 0 radical (unpaired) electrons. The number of aliphatic carboxylic acids is 1. The molecule has 0 amide bonds. The Hall–Kier alpha value is -1.69. The molecule has 0 fully saturated rings. The van der Waals surface area contributed by atoms with Crippen LogP contribution in [0.1, 0.15) is 31.6 Å². The van der Waals surface area contributed by atoms with Crippen LogP contribution in [0.5, 0.6) is 0 Å². The lowest BCUT2D eigenvalue weighted by molar-refractivity contribution is -0.142. The second kappa shape index (κ2) is 5.13. The van der Waals surface area contributed by atoms with Crippen LogP contribution < -0.4 is 5.32 Å². The highest BCUT2D eigenvalue weighted by Gasteiger charge is 2.32. The molecule has 0 bridgehead atoms. The zero-order valence-electron chi connectivity index (χ0n) is 11.2. The van der Waals surface area contributed by atoms with Crippen molar-refractivity contribution in [1.82, 2.24) is 9.97 Å². The molecular weight excluding hydrogens is 262 g/mol. The van der Waals surface area contributed by atoms with E-state index in [1.807, 2.05) is 19.9 Å². The number of rotatable bonds is 5. The number of carboxylic acids is 1. The maximum Gasteiger partial charge on any atom is 0.329 e. The highest BCUT2D eigenvalue weighted by Crippen LogP contribution is 2.30. The second-order valence-electron chi connectivity index (χ2n) is 4.81. The van der Waals surface area contributed by atoms with Crippen molar-refractivity contribution in [2.24, 2.45) is 0 Å². The van der Waals surface area contributed by atoms with Crippen LogP contribution in [0.25, 0.3) is 10.2 Å². The Bertz CT molecular complexity index is 611. The summed E-state index contributed by atoms with van der Waals surface area (Å²) in [4.78, 5) is 21.9. The molecule has 0 aliphatic carbocycles. The Balaban J connectivity index is 2.41. The average molecular weight is 279 g/mol. The molecule has 2 N–H and O–H groups in total. The van der Waals surface area contributed by atoms with Gasteiger partial charge in [-0.1, -0.05) is 13.3 Å². The summed E-state index contributed by atoms with van der Waals surface area (Å²) in [6, 6.07) is 1.98. The van der Waals surface area contributed by atoms with Crippen molar-refractivity contribution in [3.8, 4) is 0 Å². The molecule has 2 heterocycles. The lowest BCUT2D eigenvalue weighted by Crippen LogP contribution is -2.43. The predicted molar refractivity (Wildman–Crippen MR) is 76.7 cm³/mol. The number of anilines is 1. The minimum Gasteiger partial charge on any atom is -0.480 e. The summed E-state index contributed by atoms with van der Waals surface area (Å²) in [5.41, 5.74) is -1.01. The Morgan fingerprint density at radius 3 is 2.89 bits per heavy atom. The van der Waals surface area contributed by atoms with E-state index in [2.05, 4.69) is 15.3 Å². The molecular formula is C13H17N3O2S. The van der Waals surface area contributed by atoms with Crippen LogP contribution in [0.15, 0.2) is 12.4 Å². The monoisotopic (exact) mass is 279 g/mol. The number of nitrogens with zero attached hydrogens (tertiary/aromatic N) is 2. The molecule has 102 valence electrons. The van der Waals surface area contributed by atoms with Gasteiger partial charge in [0.05, 0.1) is 5.39 Å². The third-order valence-electron chi connectivity index (χ3n) is 3.07. The first-order valence-electron chi connectivity index (χ1n) is 6.19. The van der Waals surface area contributed by atoms with Crippen molar-refractivity contribution in [1.29, 1.82) is 0 Å². The van der Waals surface area contributed by atoms with Crippen molar-refractivity contribution in [2.75, 3.05) is 5.32 Å². The number of carboxylic acid groups (broad SMARTS) is 1. The summed E-state index contributed by atoms with van der Waals surface area (Å²) in [6.07, 6.45) is 2.79. The molecule has 6 heteroatoms. The fourth-order valence-corrected chi connectivity index (χ4v) is 2.91. The van der Waals surface area contributed by atoms with E-state index in [4.69, 9.17) is 0 Å². The maximum absolute atomic E-state index is 11.5. The molecule has 2 rings (SSSR count). The summed E-state index contributed by atoms with van der Waals surface area (Å²) in [6.45, 7) is 5.65. The van der Waals surface area contributed by atoms with E-state index in [9.17, 15) is 9.90 Å². The van der Waals surface area contributed by atoms with Gasteiger partial charge in [0, 0.05) is 4.88 Å². The number of hydrogen-bond acceptors (Lipinski definition) is 5. The summed E-state index contributed by atoms with van der Waals surface area (Å²) in [5.74, 6) is -0.277. The van der Waals surface area contributed by atoms with Crippen molar-refractivity contribution in [3.63, 3.8) is 0 Å². The Kier molecular flexibility index (Phi) is 3.71. The van der Waals surface area contributed by atoms with Gasteiger partial charge in [-0.25, -0.2) is 14.8 Å². The van der Waals surface area contributed by atoms with Gasteiger partial charge < -0.3 is 10.4 Å². The van der Waals surface area contributed by atoms with E-state index in [1.165, 1.54) is 6.33 Å². The van der Waals surface area contributed by atoms with Crippen LogP contribution in [0.3, 0.4) is 0 Å². The smallest absolute Gasteiger partial charge is 0.329 e. The van der Waals surface area contributed by atoms with Crippen LogP contribution in [-0.2, 0) is 4.79 Å². The SMILES string of the molecule is CCCC(C)(Nc1ncnc2sc(C)cc12)C(=O)O. The molecule has 0 saturated carbocycles. The van der Waals surface area contributed by atoms with Gasteiger partial charge in [0.15, 0.2) is 0 Å². The first-order valence-corrected chi connectivity index (χ1v) is 7.00. The number of hydrogen-bond donors (Lipinski definition) is 2.